The minimum atomic E-state index is -0.948. The Labute approximate surface area is 153 Å². The van der Waals surface area contributed by atoms with Crippen LogP contribution >= 0.6 is 0 Å². The second kappa shape index (κ2) is 8.38. The summed E-state index contributed by atoms with van der Waals surface area (Å²) in [6, 6.07) is 10.4. The van der Waals surface area contributed by atoms with Crippen molar-refractivity contribution in [3.05, 3.63) is 53.1 Å². The molecule has 0 aliphatic rings. The third-order valence-electron chi connectivity index (χ3n) is 3.91. The molecule has 1 atom stereocenters. The smallest absolute Gasteiger partial charge is 0.339 e. The van der Waals surface area contributed by atoms with Gasteiger partial charge in [0.25, 0.3) is 5.91 Å². The van der Waals surface area contributed by atoms with Gasteiger partial charge in [0.1, 0.15) is 0 Å². The van der Waals surface area contributed by atoms with E-state index < -0.39 is 18.0 Å². The molecule has 2 rings (SSSR count). The third-order valence-corrected chi connectivity index (χ3v) is 3.91. The fourth-order valence-electron chi connectivity index (χ4n) is 2.43. The molecule has 0 aliphatic heterocycles. The second-order valence-corrected chi connectivity index (χ2v) is 5.92. The summed E-state index contributed by atoms with van der Waals surface area (Å²) in [6.07, 6.45) is -0.948. The minimum absolute atomic E-state index is 0.272. The van der Waals surface area contributed by atoms with Crippen molar-refractivity contribution in [1.29, 1.82) is 0 Å². The lowest BCUT2D eigenvalue weighted by Crippen LogP contribution is -2.30. The Kier molecular flexibility index (Phi) is 6.22. The number of anilines is 1. The highest BCUT2D eigenvalue weighted by Gasteiger charge is 2.20. The number of hydrogen-bond acceptors (Lipinski definition) is 5. The quantitative estimate of drug-likeness (QED) is 0.801. The van der Waals surface area contributed by atoms with E-state index in [9.17, 15) is 9.59 Å². The lowest BCUT2D eigenvalue weighted by Gasteiger charge is -2.15. The first-order chi connectivity index (χ1) is 12.3. The predicted octanol–water partition coefficient (Wildman–Crippen LogP) is 3.50. The maximum Gasteiger partial charge on any atom is 0.339 e. The highest BCUT2D eigenvalue weighted by atomic mass is 16.5. The van der Waals surface area contributed by atoms with Crippen molar-refractivity contribution in [3.8, 4) is 11.5 Å². The van der Waals surface area contributed by atoms with Crippen LogP contribution < -0.4 is 14.8 Å². The summed E-state index contributed by atoms with van der Waals surface area (Å²) in [6.45, 7) is 5.41. The number of rotatable bonds is 6. The van der Waals surface area contributed by atoms with Gasteiger partial charge in [0.15, 0.2) is 17.6 Å². The SMILES string of the molecule is COc1ccc(C(=O)OC(C)C(=O)Nc2ccc(C)cc2C)cc1OC. The summed E-state index contributed by atoms with van der Waals surface area (Å²) in [5.41, 5.74) is 3.01. The molecule has 0 aliphatic carbocycles. The number of ether oxygens (including phenoxy) is 3. The second-order valence-electron chi connectivity index (χ2n) is 5.92. The van der Waals surface area contributed by atoms with Crippen molar-refractivity contribution in [3.63, 3.8) is 0 Å². The zero-order valence-corrected chi connectivity index (χ0v) is 15.6. The Morgan fingerprint density at radius 3 is 2.27 bits per heavy atom. The average molecular weight is 357 g/mol. The molecule has 0 fully saturated rings. The largest absolute Gasteiger partial charge is 0.493 e. The Morgan fingerprint density at radius 2 is 1.65 bits per heavy atom. The molecule has 6 heteroatoms. The summed E-state index contributed by atoms with van der Waals surface area (Å²) in [5, 5.41) is 2.77. The van der Waals surface area contributed by atoms with Crippen LogP contribution in [0.2, 0.25) is 0 Å². The number of benzene rings is 2. The van der Waals surface area contributed by atoms with Gasteiger partial charge in [0.2, 0.25) is 0 Å². The van der Waals surface area contributed by atoms with E-state index in [0.717, 1.165) is 11.1 Å². The van der Waals surface area contributed by atoms with E-state index in [2.05, 4.69) is 5.32 Å². The number of nitrogens with one attached hydrogen (secondary N) is 1. The van der Waals surface area contributed by atoms with Crippen LogP contribution in [0, 0.1) is 13.8 Å². The predicted molar refractivity (Wildman–Crippen MR) is 99.0 cm³/mol. The molecule has 0 aromatic heterocycles. The zero-order chi connectivity index (χ0) is 19.3. The van der Waals surface area contributed by atoms with E-state index in [0.29, 0.717) is 17.2 Å². The van der Waals surface area contributed by atoms with Crippen molar-refractivity contribution < 1.29 is 23.8 Å². The Morgan fingerprint density at radius 1 is 0.962 bits per heavy atom. The summed E-state index contributed by atoms with van der Waals surface area (Å²) in [7, 11) is 2.99. The summed E-state index contributed by atoms with van der Waals surface area (Å²) < 4.78 is 15.6. The number of esters is 1. The van der Waals surface area contributed by atoms with Gasteiger partial charge < -0.3 is 19.5 Å². The standard InChI is InChI=1S/C20H23NO5/c1-12-6-8-16(13(2)10-12)21-19(22)14(3)26-20(23)15-7-9-17(24-4)18(11-15)25-5/h6-11,14H,1-5H3,(H,21,22). The van der Waals surface area contributed by atoms with E-state index in [4.69, 9.17) is 14.2 Å². The van der Waals surface area contributed by atoms with E-state index in [1.54, 1.807) is 12.1 Å². The highest BCUT2D eigenvalue weighted by Crippen LogP contribution is 2.28. The number of methoxy groups -OCH3 is 2. The number of amides is 1. The fraction of sp³-hybridized carbons (Fsp3) is 0.300. The summed E-state index contributed by atoms with van der Waals surface area (Å²) in [5.74, 6) is -0.0981. The van der Waals surface area contributed by atoms with Crippen LogP contribution in [0.25, 0.3) is 0 Å². The van der Waals surface area contributed by atoms with Crippen LogP contribution in [0.3, 0.4) is 0 Å². The van der Waals surface area contributed by atoms with Gasteiger partial charge in [-0.05, 0) is 50.6 Å². The Bertz CT molecular complexity index is 816. The molecule has 0 saturated carbocycles. The molecule has 2 aromatic rings. The van der Waals surface area contributed by atoms with Gasteiger partial charge in [0, 0.05) is 5.69 Å². The van der Waals surface area contributed by atoms with Crippen molar-refractivity contribution in [2.45, 2.75) is 26.9 Å². The van der Waals surface area contributed by atoms with Gasteiger partial charge in [-0.15, -0.1) is 0 Å². The van der Waals surface area contributed by atoms with Crippen molar-refractivity contribution in [1.82, 2.24) is 0 Å². The first kappa shape index (κ1) is 19.3. The molecule has 0 spiro atoms. The molecule has 0 radical (unpaired) electrons. The molecule has 0 bridgehead atoms. The van der Waals surface area contributed by atoms with Crippen LogP contribution in [-0.2, 0) is 9.53 Å². The van der Waals surface area contributed by atoms with Gasteiger partial charge in [-0.1, -0.05) is 17.7 Å². The molecule has 2 aromatic carbocycles. The van der Waals surface area contributed by atoms with E-state index >= 15 is 0 Å². The third kappa shape index (κ3) is 4.53. The number of hydrogen-bond donors (Lipinski definition) is 1. The van der Waals surface area contributed by atoms with E-state index in [1.807, 2.05) is 32.0 Å². The molecule has 138 valence electrons. The van der Waals surface area contributed by atoms with Crippen LogP contribution in [-0.4, -0.2) is 32.2 Å². The molecule has 1 amide bonds. The van der Waals surface area contributed by atoms with Gasteiger partial charge in [-0.25, -0.2) is 4.79 Å². The van der Waals surface area contributed by atoms with Crippen LogP contribution in [0.15, 0.2) is 36.4 Å². The van der Waals surface area contributed by atoms with Crippen molar-refractivity contribution in [2.24, 2.45) is 0 Å². The molecule has 1 N–H and O–H groups in total. The maximum absolute atomic E-state index is 12.3. The monoisotopic (exact) mass is 357 g/mol. The van der Waals surface area contributed by atoms with Gasteiger partial charge in [-0.2, -0.15) is 0 Å². The lowest BCUT2D eigenvalue weighted by molar-refractivity contribution is -0.123. The topological polar surface area (TPSA) is 73.9 Å². The normalized spacial score (nSPS) is 11.4. The number of aryl methyl sites for hydroxylation is 2. The first-order valence-electron chi connectivity index (χ1n) is 8.16. The summed E-state index contributed by atoms with van der Waals surface area (Å²) >= 11 is 0. The average Bonchev–Trinajstić information content (AvgIpc) is 2.63. The number of carbonyl (C=O) groups excluding carboxylic acids is 2. The Balaban J connectivity index is 2.05. The molecule has 26 heavy (non-hydrogen) atoms. The zero-order valence-electron chi connectivity index (χ0n) is 15.6. The highest BCUT2D eigenvalue weighted by molar-refractivity contribution is 5.98. The van der Waals surface area contributed by atoms with Gasteiger partial charge in [-0.3, -0.25) is 4.79 Å². The van der Waals surface area contributed by atoms with Crippen LogP contribution in [0.4, 0.5) is 5.69 Å². The van der Waals surface area contributed by atoms with Crippen molar-refractivity contribution >= 4 is 17.6 Å². The fourth-order valence-corrected chi connectivity index (χ4v) is 2.43. The van der Waals surface area contributed by atoms with Crippen molar-refractivity contribution in [2.75, 3.05) is 19.5 Å². The first-order valence-corrected chi connectivity index (χ1v) is 8.16. The van der Waals surface area contributed by atoms with Gasteiger partial charge in [0.05, 0.1) is 19.8 Å². The van der Waals surface area contributed by atoms with E-state index in [-0.39, 0.29) is 5.56 Å². The molecule has 0 saturated heterocycles. The minimum Gasteiger partial charge on any atom is -0.493 e. The van der Waals surface area contributed by atoms with Crippen LogP contribution in [0.5, 0.6) is 11.5 Å². The van der Waals surface area contributed by atoms with Crippen LogP contribution in [0.1, 0.15) is 28.4 Å². The molecular weight excluding hydrogens is 334 g/mol. The molecular formula is C20H23NO5. The molecule has 1 unspecified atom stereocenters. The molecule has 0 heterocycles. The molecule has 6 nitrogen and oxygen atoms in total. The maximum atomic E-state index is 12.3. The number of carbonyl (C=O) groups is 2. The lowest BCUT2D eigenvalue weighted by atomic mass is 10.1. The van der Waals surface area contributed by atoms with E-state index in [1.165, 1.54) is 27.2 Å². The van der Waals surface area contributed by atoms with Gasteiger partial charge >= 0.3 is 5.97 Å². The summed E-state index contributed by atoms with van der Waals surface area (Å²) in [4.78, 5) is 24.6. The Hall–Kier alpha value is -3.02.